The molecule has 3 rings (SSSR count). The first-order valence-electron chi connectivity index (χ1n) is 7.74. The van der Waals surface area contributed by atoms with Crippen molar-refractivity contribution in [2.24, 2.45) is 5.92 Å². The lowest BCUT2D eigenvalue weighted by molar-refractivity contribution is -0.119. The summed E-state index contributed by atoms with van der Waals surface area (Å²) >= 11 is 5.99. The van der Waals surface area contributed by atoms with Gasteiger partial charge in [-0.3, -0.25) is 9.69 Å². The maximum atomic E-state index is 12.4. The maximum absolute atomic E-state index is 12.4. The Morgan fingerprint density at radius 2 is 2.04 bits per heavy atom. The fourth-order valence-electron chi connectivity index (χ4n) is 2.88. The average molecular weight is 330 g/mol. The highest BCUT2D eigenvalue weighted by Crippen LogP contribution is 2.24. The summed E-state index contributed by atoms with van der Waals surface area (Å²) in [5, 5.41) is 3.39. The first-order chi connectivity index (χ1) is 11.1. The molecule has 1 fully saturated rings. The van der Waals surface area contributed by atoms with E-state index in [1.54, 1.807) is 18.2 Å². The summed E-state index contributed by atoms with van der Waals surface area (Å²) in [5.74, 6) is 0.0523. The molecule has 3 N–H and O–H groups in total. The number of anilines is 2. The van der Waals surface area contributed by atoms with Gasteiger partial charge in [-0.2, -0.15) is 0 Å². The predicted octanol–water partition coefficient (Wildman–Crippen LogP) is 3.38. The number of nitrogens with two attached hydrogens (primary N) is 1. The number of hydrogen-bond donors (Lipinski definition) is 2. The molecular formula is C18H20ClN3O. The Balaban J connectivity index is 1.56. The van der Waals surface area contributed by atoms with E-state index in [1.165, 1.54) is 5.56 Å². The van der Waals surface area contributed by atoms with Crippen molar-refractivity contribution in [1.82, 2.24) is 4.90 Å². The number of halogens is 1. The van der Waals surface area contributed by atoms with Gasteiger partial charge >= 0.3 is 0 Å². The van der Waals surface area contributed by atoms with E-state index in [0.29, 0.717) is 16.4 Å². The second-order valence-corrected chi connectivity index (χ2v) is 6.34. The molecule has 0 spiro atoms. The second-order valence-electron chi connectivity index (χ2n) is 5.93. The van der Waals surface area contributed by atoms with Crippen molar-refractivity contribution in [3.63, 3.8) is 0 Å². The molecule has 23 heavy (non-hydrogen) atoms. The van der Waals surface area contributed by atoms with E-state index in [2.05, 4.69) is 22.3 Å². The van der Waals surface area contributed by atoms with Crippen molar-refractivity contribution < 1.29 is 4.79 Å². The third-order valence-electron chi connectivity index (χ3n) is 4.16. The first-order valence-corrected chi connectivity index (χ1v) is 8.12. The van der Waals surface area contributed by atoms with E-state index in [0.717, 1.165) is 26.1 Å². The maximum Gasteiger partial charge on any atom is 0.228 e. The van der Waals surface area contributed by atoms with E-state index in [9.17, 15) is 4.79 Å². The number of nitrogens with zero attached hydrogens (tertiary/aromatic N) is 1. The minimum absolute atomic E-state index is 0.00930. The molecule has 0 aromatic heterocycles. The molecule has 0 radical (unpaired) electrons. The summed E-state index contributed by atoms with van der Waals surface area (Å²) in [5.41, 5.74) is 8.16. The second kappa shape index (κ2) is 7.02. The van der Waals surface area contributed by atoms with Crippen LogP contribution in [0.15, 0.2) is 48.5 Å². The van der Waals surface area contributed by atoms with Gasteiger partial charge in [-0.1, -0.05) is 41.9 Å². The SMILES string of the molecule is Nc1ccc(NC(=O)C2CCN(Cc3ccccc3)C2)cc1Cl. The number of nitrogen functional groups attached to an aromatic ring is 1. The number of carbonyl (C=O) groups is 1. The van der Waals surface area contributed by atoms with Crippen LogP contribution in [0.25, 0.3) is 0 Å². The molecule has 1 amide bonds. The normalized spacial score (nSPS) is 18.0. The molecule has 0 aliphatic carbocycles. The van der Waals surface area contributed by atoms with Crippen LogP contribution in [-0.2, 0) is 11.3 Å². The van der Waals surface area contributed by atoms with Crippen LogP contribution < -0.4 is 11.1 Å². The van der Waals surface area contributed by atoms with Crippen LogP contribution in [0, 0.1) is 5.92 Å². The smallest absolute Gasteiger partial charge is 0.228 e. The van der Waals surface area contributed by atoms with E-state index in [4.69, 9.17) is 17.3 Å². The van der Waals surface area contributed by atoms with Crippen molar-refractivity contribution in [1.29, 1.82) is 0 Å². The van der Waals surface area contributed by atoms with E-state index >= 15 is 0 Å². The molecule has 4 nitrogen and oxygen atoms in total. The number of nitrogens with one attached hydrogen (secondary N) is 1. The molecule has 1 aliphatic heterocycles. The molecule has 1 unspecified atom stereocenters. The molecule has 0 bridgehead atoms. The van der Waals surface area contributed by atoms with Crippen LogP contribution in [0.4, 0.5) is 11.4 Å². The molecule has 1 heterocycles. The van der Waals surface area contributed by atoms with Gasteiger partial charge in [0, 0.05) is 18.8 Å². The quantitative estimate of drug-likeness (QED) is 0.845. The number of amides is 1. The van der Waals surface area contributed by atoms with Gasteiger partial charge in [0.15, 0.2) is 0 Å². The summed E-state index contributed by atoms with van der Waals surface area (Å²) in [7, 11) is 0. The average Bonchev–Trinajstić information content (AvgIpc) is 3.00. The van der Waals surface area contributed by atoms with Crippen molar-refractivity contribution >= 4 is 28.9 Å². The van der Waals surface area contributed by atoms with E-state index < -0.39 is 0 Å². The summed E-state index contributed by atoms with van der Waals surface area (Å²) in [6.07, 6.45) is 0.876. The molecular weight excluding hydrogens is 310 g/mol. The standard InChI is InChI=1S/C18H20ClN3O/c19-16-10-15(6-7-17(16)20)21-18(23)14-8-9-22(12-14)11-13-4-2-1-3-5-13/h1-7,10,14H,8-9,11-12,20H2,(H,21,23). The fourth-order valence-corrected chi connectivity index (χ4v) is 3.06. The van der Waals surface area contributed by atoms with Crippen molar-refractivity contribution in [3.8, 4) is 0 Å². The highest BCUT2D eigenvalue weighted by Gasteiger charge is 2.28. The van der Waals surface area contributed by atoms with Crippen LogP contribution >= 0.6 is 11.6 Å². The Kier molecular flexibility index (Phi) is 4.84. The monoisotopic (exact) mass is 329 g/mol. The number of carbonyl (C=O) groups excluding carboxylic acids is 1. The third-order valence-corrected chi connectivity index (χ3v) is 4.49. The predicted molar refractivity (Wildman–Crippen MR) is 94.3 cm³/mol. The third kappa shape index (κ3) is 4.03. The fraction of sp³-hybridized carbons (Fsp3) is 0.278. The largest absolute Gasteiger partial charge is 0.398 e. The minimum Gasteiger partial charge on any atom is -0.398 e. The van der Waals surface area contributed by atoms with Crippen LogP contribution in [0.2, 0.25) is 5.02 Å². The molecule has 1 atom stereocenters. The Morgan fingerprint density at radius 1 is 1.26 bits per heavy atom. The van der Waals surface area contributed by atoms with E-state index in [1.807, 2.05) is 18.2 Å². The number of benzene rings is 2. The molecule has 2 aromatic rings. The van der Waals surface area contributed by atoms with Crippen molar-refractivity contribution in [3.05, 3.63) is 59.1 Å². The van der Waals surface area contributed by atoms with Gasteiger partial charge < -0.3 is 11.1 Å². The lowest BCUT2D eigenvalue weighted by atomic mass is 10.1. The zero-order valence-electron chi connectivity index (χ0n) is 12.8. The van der Waals surface area contributed by atoms with Crippen molar-refractivity contribution in [2.75, 3.05) is 24.1 Å². The molecule has 1 aliphatic rings. The van der Waals surface area contributed by atoms with Gasteiger partial charge in [0.1, 0.15) is 0 Å². The Bertz CT molecular complexity index is 690. The first kappa shape index (κ1) is 15.8. The van der Waals surface area contributed by atoms with Crippen LogP contribution in [0.3, 0.4) is 0 Å². The molecule has 2 aromatic carbocycles. The van der Waals surface area contributed by atoms with Gasteiger partial charge in [0.25, 0.3) is 0 Å². The summed E-state index contributed by atoms with van der Waals surface area (Å²) in [6, 6.07) is 15.5. The van der Waals surface area contributed by atoms with Gasteiger partial charge in [-0.25, -0.2) is 0 Å². The van der Waals surface area contributed by atoms with Gasteiger partial charge in [-0.05, 0) is 36.7 Å². The highest BCUT2D eigenvalue weighted by molar-refractivity contribution is 6.33. The zero-order chi connectivity index (χ0) is 16.2. The van der Waals surface area contributed by atoms with Gasteiger partial charge in [0.2, 0.25) is 5.91 Å². The lowest BCUT2D eigenvalue weighted by Gasteiger charge is -2.16. The summed E-state index contributed by atoms with van der Waals surface area (Å²) in [4.78, 5) is 14.7. The van der Waals surface area contributed by atoms with Crippen LogP contribution in [0.1, 0.15) is 12.0 Å². The summed E-state index contributed by atoms with van der Waals surface area (Å²) in [6.45, 7) is 2.61. The van der Waals surface area contributed by atoms with Gasteiger partial charge in [0.05, 0.1) is 16.6 Å². The Morgan fingerprint density at radius 3 is 2.78 bits per heavy atom. The number of hydrogen-bond acceptors (Lipinski definition) is 3. The molecule has 0 saturated carbocycles. The number of rotatable bonds is 4. The van der Waals surface area contributed by atoms with E-state index in [-0.39, 0.29) is 11.8 Å². The topological polar surface area (TPSA) is 58.4 Å². The minimum atomic E-state index is 0.00930. The van der Waals surface area contributed by atoms with Crippen LogP contribution in [0.5, 0.6) is 0 Å². The summed E-state index contributed by atoms with van der Waals surface area (Å²) < 4.78 is 0. The molecule has 1 saturated heterocycles. The number of likely N-dealkylation sites (tertiary alicyclic amines) is 1. The van der Waals surface area contributed by atoms with Gasteiger partial charge in [-0.15, -0.1) is 0 Å². The zero-order valence-corrected chi connectivity index (χ0v) is 13.6. The molecule has 120 valence electrons. The van der Waals surface area contributed by atoms with Crippen LogP contribution in [-0.4, -0.2) is 23.9 Å². The lowest BCUT2D eigenvalue weighted by Crippen LogP contribution is -2.26. The highest BCUT2D eigenvalue weighted by atomic mass is 35.5. The Hall–Kier alpha value is -2.04. The Labute approximate surface area is 141 Å². The molecule has 5 heteroatoms. The van der Waals surface area contributed by atoms with Crippen molar-refractivity contribution in [2.45, 2.75) is 13.0 Å².